The van der Waals surface area contributed by atoms with Crippen LogP contribution in [-0.2, 0) is 0 Å². The van der Waals surface area contributed by atoms with E-state index in [0.29, 0.717) is 0 Å². The van der Waals surface area contributed by atoms with E-state index in [1.165, 1.54) is 6.16 Å². The van der Waals surface area contributed by atoms with Crippen LogP contribution in [0.5, 0.6) is 0 Å². The third-order valence-corrected chi connectivity index (χ3v) is 1.84. The van der Waals surface area contributed by atoms with Gasteiger partial charge < -0.3 is 0 Å². The maximum atomic E-state index is 2.68. The van der Waals surface area contributed by atoms with Crippen molar-refractivity contribution in [3.8, 4) is 0 Å². The molecule has 0 radical (unpaired) electrons. The zero-order chi connectivity index (χ0) is 3.41. The molecule has 0 saturated carbocycles. The predicted molar refractivity (Wildman–Crippen MR) is 28.6 cm³/mol. The molecule has 0 spiro atoms. The predicted octanol–water partition coefficient (Wildman–Crippen LogP) is 1.47. The largest absolute Gasteiger partial charge is 0.115 e. The number of rotatable bonds is 1. The van der Waals surface area contributed by atoms with Crippen LogP contribution in [0.25, 0.3) is 0 Å². The maximum absolute atomic E-state index is 2.68. The van der Waals surface area contributed by atoms with Crippen LogP contribution in [0.15, 0.2) is 0 Å². The molecule has 26 valence electrons. The molecule has 2 unspecified atom stereocenters. The summed E-state index contributed by atoms with van der Waals surface area (Å²) in [5.41, 5.74) is 0. The van der Waals surface area contributed by atoms with Crippen LogP contribution in [-0.4, -0.2) is 6.16 Å². The van der Waals surface area contributed by atoms with Gasteiger partial charge in [0.05, 0.1) is 0 Å². The van der Waals surface area contributed by atoms with Crippen molar-refractivity contribution < 1.29 is 0 Å². The van der Waals surface area contributed by atoms with E-state index in [1.807, 2.05) is 0 Å². The SMILES string of the molecule is CCPP. The molecule has 0 aliphatic carbocycles. The van der Waals surface area contributed by atoms with Gasteiger partial charge >= 0.3 is 0 Å². The Morgan fingerprint density at radius 2 is 2.25 bits per heavy atom. The molecule has 0 aliphatic rings. The Morgan fingerprint density at radius 1 is 2.00 bits per heavy atom. The average Bonchev–Trinajstić information content (AvgIpc) is 1.37. The van der Waals surface area contributed by atoms with Crippen LogP contribution in [0.3, 0.4) is 0 Å². The van der Waals surface area contributed by atoms with E-state index < -0.39 is 0 Å². The van der Waals surface area contributed by atoms with Crippen molar-refractivity contribution in [2.24, 2.45) is 0 Å². The Hall–Kier alpha value is 0.860. The minimum Gasteiger partial charge on any atom is -0.115 e. The first-order chi connectivity index (χ1) is 1.91. The van der Waals surface area contributed by atoms with Crippen LogP contribution in [0.1, 0.15) is 6.92 Å². The Kier molecular flexibility index (Phi) is 4.69. The molecule has 4 heavy (non-hydrogen) atoms. The first-order valence-electron chi connectivity index (χ1n) is 1.35. The van der Waals surface area contributed by atoms with Crippen LogP contribution >= 0.6 is 17.2 Å². The lowest BCUT2D eigenvalue weighted by molar-refractivity contribution is 1.53. The second-order valence-corrected chi connectivity index (χ2v) is 2.90. The fourth-order valence-corrected chi connectivity index (χ4v) is 0. The normalized spacial score (nSPS) is 10.5. The molecule has 0 saturated heterocycles. The molecule has 0 bridgehead atoms. The topological polar surface area (TPSA) is 0 Å². The van der Waals surface area contributed by atoms with Gasteiger partial charge in [-0.15, -0.1) is 17.2 Å². The summed E-state index contributed by atoms with van der Waals surface area (Å²) in [6.07, 6.45) is 1.31. The fraction of sp³-hybridized carbons (Fsp3) is 1.00. The molecular formula is C2H8P2. The Morgan fingerprint density at radius 3 is 2.25 bits per heavy atom. The van der Waals surface area contributed by atoms with E-state index in [4.69, 9.17) is 0 Å². The van der Waals surface area contributed by atoms with Crippen molar-refractivity contribution in [3.63, 3.8) is 0 Å². The summed E-state index contributed by atoms with van der Waals surface area (Å²) in [5.74, 6) is 0. The zero-order valence-electron chi connectivity index (χ0n) is 2.78. The molecule has 2 atom stereocenters. The summed E-state index contributed by atoms with van der Waals surface area (Å²) in [6, 6.07) is 0. The van der Waals surface area contributed by atoms with E-state index in [9.17, 15) is 0 Å². The molecule has 0 amide bonds. The quantitative estimate of drug-likeness (QED) is 0.431. The monoisotopic (exact) mass is 94.0 g/mol. The van der Waals surface area contributed by atoms with Gasteiger partial charge in [-0.2, -0.15) is 0 Å². The van der Waals surface area contributed by atoms with Gasteiger partial charge in [0.2, 0.25) is 0 Å². The highest BCUT2D eigenvalue weighted by molar-refractivity contribution is 8.02. The van der Waals surface area contributed by atoms with Crippen molar-refractivity contribution in [1.29, 1.82) is 0 Å². The van der Waals surface area contributed by atoms with Crippen LogP contribution in [0, 0.1) is 0 Å². The molecule has 2 heteroatoms. The highest BCUT2D eigenvalue weighted by Gasteiger charge is 1.55. The molecular weight excluding hydrogens is 86.0 g/mol. The van der Waals surface area contributed by atoms with Crippen molar-refractivity contribution in [3.05, 3.63) is 0 Å². The van der Waals surface area contributed by atoms with Crippen molar-refractivity contribution in [2.45, 2.75) is 6.92 Å². The van der Waals surface area contributed by atoms with Gasteiger partial charge in [0.15, 0.2) is 0 Å². The molecule has 0 rings (SSSR count). The fourth-order valence-electron chi connectivity index (χ4n) is 0. The second-order valence-electron chi connectivity index (χ2n) is 0.558. The summed E-state index contributed by atoms with van der Waals surface area (Å²) in [7, 11) is 3.74. The van der Waals surface area contributed by atoms with E-state index in [0.717, 1.165) is 8.27 Å². The lowest BCUT2D eigenvalue weighted by Gasteiger charge is -1.69. The highest BCUT2D eigenvalue weighted by Crippen LogP contribution is 2.16. The molecule has 0 aromatic heterocycles. The lowest BCUT2D eigenvalue weighted by Crippen LogP contribution is -1.40. The smallest absolute Gasteiger partial charge is 0.0348 e. The third kappa shape index (κ3) is 2.86. The van der Waals surface area contributed by atoms with E-state index >= 15 is 0 Å². The van der Waals surface area contributed by atoms with Crippen molar-refractivity contribution in [2.75, 3.05) is 6.16 Å². The van der Waals surface area contributed by atoms with E-state index in [-0.39, 0.29) is 0 Å². The Bertz CT molecular complexity index is 6.00. The first-order valence-corrected chi connectivity index (χ1v) is 4.37. The van der Waals surface area contributed by atoms with Gasteiger partial charge in [0.25, 0.3) is 0 Å². The lowest BCUT2D eigenvalue weighted by atomic mass is 11.0. The Labute approximate surface area is 31.2 Å². The second kappa shape index (κ2) is 3.86. The highest BCUT2D eigenvalue weighted by atomic mass is 32.0. The molecule has 0 nitrogen and oxygen atoms in total. The minimum absolute atomic E-state index is 1.06. The molecule has 0 aromatic carbocycles. The van der Waals surface area contributed by atoms with Crippen molar-refractivity contribution >= 4 is 17.2 Å². The third-order valence-electron chi connectivity index (χ3n) is 0.204. The van der Waals surface area contributed by atoms with Gasteiger partial charge in [-0.05, 0) is 6.16 Å². The Balaban J connectivity index is 1.97. The van der Waals surface area contributed by atoms with Crippen LogP contribution in [0.4, 0.5) is 0 Å². The summed E-state index contributed by atoms with van der Waals surface area (Å²) < 4.78 is 0. The van der Waals surface area contributed by atoms with Gasteiger partial charge in [0, 0.05) is 0 Å². The minimum atomic E-state index is 1.06. The van der Waals surface area contributed by atoms with Crippen LogP contribution < -0.4 is 0 Å². The van der Waals surface area contributed by atoms with Crippen LogP contribution in [0.2, 0.25) is 0 Å². The van der Waals surface area contributed by atoms with Crippen molar-refractivity contribution in [1.82, 2.24) is 0 Å². The molecule has 0 fully saturated rings. The molecule has 0 heterocycles. The first kappa shape index (κ1) is 4.86. The molecule has 0 aliphatic heterocycles. The molecule has 0 aromatic rings. The molecule has 0 N–H and O–H groups in total. The zero-order valence-corrected chi connectivity index (χ0v) is 4.94. The van der Waals surface area contributed by atoms with Gasteiger partial charge in [-0.1, -0.05) is 6.92 Å². The van der Waals surface area contributed by atoms with E-state index in [2.05, 4.69) is 15.9 Å². The average molecular weight is 94.0 g/mol. The number of hydrogen-bond donors (Lipinski definition) is 0. The number of hydrogen-bond acceptors (Lipinski definition) is 0. The summed E-state index contributed by atoms with van der Waals surface area (Å²) >= 11 is 0. The van der Waals surface area contributed by atoms with Gasteiger partial charge in [0.1, 0.15) is 0 Å². The van der Waals surface area contributed by atoms with E-state index in [1.54, 1.807) is 0 Å². The van der Waals surface area contributed by atoms with Gasteiger partial charge in [-0.25, -0.2) is 0 Å². The summed E-state index contributed by atoms with van der Waals surface area (Å²) in [4.78, 5) is 0. The summed E-state index contributed by atoms with van der Waals surface area (Å²) in [6.45, 7) is 2.17. The standard InChI is InChI=1S/C2H8P2/c1-2-4-3/h4H,2-3H2,1H3. The summed E-state index contributed by atoms with van der Waals surface area (Å²) in [5, 5.41) is 0. The maximum Gasteiger partial charge on any atom is -0.0348 e. The van der Waals surface area contributed by atoms with Gasteiger partial charge in [-0.3, -0.25) is 0 Å².